The van der Waals surface area contributed by atoms with Crippen molar-refractivity contribution in [3.63, 3.8) is 0 Å². The van der Waals surface area contributed by atoms with E-state index in [0.29, 0.717) is 22.6 Å². The summed E-state index contributed by atoms with van der Waals surface area (Å²) in [6.07, 6.45) is 0.864. The van der Waals surface area contributed by atoms with Gasteiger partial charge < -0.3 is 10.6 Å². The predicted molar refractivity (Wildman–Crippen MR) is 90.7 cm³/mol. The van der Waals surface area contributed by atoms with E-state index >= 15 is 0 Å². The van der Waals surface area contributed by atoms with Crippen LogP contribution in [-0.2, 0) is 4.79 Å². The van der Waals surface area contributed by atoms with E-state index in [1.165, 1.54) is 0 Å². The average Bonchev–Trinajstić information content (AvgIpc) is 3.16. The van der Waals surface area contributed by atoms with E-state index in [1.54, 1.807) is 6.07 Å². The highest BCUT2D eigenvalue weighted by Crippen LogP contribution is 2.49. The molecule has 0 heterocycles. The topological polar surface area (TPSA) is 41.1 Å². The van der Waals surface area contributed by atoms with Crippen molar-refractivity contribution in [1.29, 1.82) is 0 Å². The summed E-state index contributed by atoms with van der Waals surface area (Å²) in [4.78, 5) is 12.1. The fraction of sp³-hybridized carbons (Fsp3) is 0.533. The van der Waals surface area contributed by atoms with Crippen LogP contribution in [0.25, 0.3) is 0 Å². The first kappa shape index (κ1) is 18.6. The zero-order valence-corrected chi connectivity index (χ0v) is 14.5. The molecule has 0 aliphatic heterocycles. The van der Waals surface area contributed by atoms with E-state index in [2.05, 4.69) is 24.5 Å². The molecule has 1 aromatic rings. The molecule has 1 fully saturated rings. The molecule has 3 nitrogen and oxygen atoms in total. The van der Waals surface area contributed by atoms with Crippen molar-refractivity contribution in [2.24, 2.45) is 5.92 Å². The predicted octanol–water partition coefficient (Wildman–Crippen LogP) is 3.63. The third-order valence-corrected chi connectivity index (χ3v) is 4.19. The van der Waals surface area contributed by atoms with Crippen LogP contribution in [0.5, 0.6) is 0 Å². The summed E-state index contributed by atoms with van der Waals surface area (Å²) < 4.78 is 0. The minimum absolute atomic E-state index is 0. The van der Waals surface area contributed by atoms with Crippen LogP contribution in [-0.4, -0.2) is 25.0 Å². The summed E-state index contributed by atoms with van der Waals surface area (Å²) in [6.45, 7) is 5.68. The van der Waals surface area contributed by atoms with E-state index in [1.807, 2.05) is 12.1 Å². The first-order valence-corrected chi connectivity index (χ1v) is 7.74. The van der Waals surface area contributed by atoms with Crippen molar-refractivity contribution in [2.75, 3.05) is 13.1 Å². The van der Waals surface area contributed by atoms with Gasteiger partial charge in [-0.3, -0.25) is 4.79 Å². The molecule has 2 N–H and O–H groups in total. The van der Waals surface area contributed by atoms with Crippen molar-refractivity contribution < 1.29 is 4.79 Å². The molecule has 1 aliphatic rings. The number of nitrogens with one attached hydrogen (secondary N) is 2. The Morgan fingerprint density at radius 2 is 2.14 bits per heavy atom. The third-order valence-electron chi connectivity index (χ3n) is 3.62. The first-order valence-electron chi connectivity index (χ1n) is 6.99. The maximum absolute atomic E-state index is 12.1. The van der Waals surface area contributed by atoms with Crippen LogP contribution in [0.15, 0.2) is 18.2 Å². The van der Waals surface area contributed by atoms with Gasteiger partial charge in [0.15, 0.2) is 0 Å². The fourth-order valence-electron chi connectivity index (χ4n) is 2.44. The average molecular weight is 352 g/mol. The zero-order chi connectivity index (χ0) is 14.7. The van der Waals surface area contributed by atoms with Crippen molar-refractivity contribution in [3.8, 4) is 0 Å². The highest BCUT2D eigenvalue weighted by molar-refractivity contribution is 6.35. The SMILES string of the molecule is CCN[C@H](C)CNC(=O)C1CC1c1ccc(Cl)cc1Cl.Cl. The van der Waals surface area contributed by atoms with Crippen LogP contribution < -0.4 is 10.6 Å². The van der Waals surface area contributed by atoms with Crippen molar-refractivity contribution in [3.05, 3.63) is 33.8 Å². The molecule has 2 rings (SSSR count). The second-order valence-electron chi connectivity index (χ2n) is 5.32. The minimum Gasteiger partial charge on any atom is -0.354 e. The molecule has 0 aromatic heterocycles. The highest BCUT2D eigenvalue weighted by Gasteiger charge is 2.44. The molecule has 0 spiro atoms. The first-order chi connectivity index (χ1) is 9.52. The lowest BCUT2D eigenvalue weighted by Gasteiger charge is -2.13. The van der Waals surface area contributed by atoms with Gasteiger partial charge in [0, 0.05) is 28.5 Å². The van der Waals surface area contributed by atoms with Crippen molar-refractivity contribution >= 4 is 41.5 Å². The molecule has 21 heavy (non-hydrogen) atoms. The lowest BCUT2D eigenvalue weighted by molar-refractivity contribution is -0.122. The lowest BCUT2D eigenvalue weighted by Crippen LogP contribution is -2.39. The Hall–Kier alpha value is -0.480. The van der Waals surface area contributed by atoms with Crippen LogP contribution >= 0.6 is 35.6 Å². The summed E-state index contributed by atoms with van der Waals surface area (Å²) in [5, 5.41) is 7.53. The lowest BCUT2D eigenvalue weighted by atomic mass is 10.1. The van der Waals surface area contributed by atoms with Gasteiger partial charge in [-0.05, 0) is 43.5 Å². The fourth-order valence-corrected chi connectivity index (χ4v) is 2.98. The van der Waals surface area contributed by atoms with E-state index in [9.17, 15) is 4.79 Å². The molecule has 0 bridgehead atoms. The number of likely N-dealkylation sites (N-methyl/N-ethyl adjacent to an activating group) is 1. The monoisotopic (exact) mass is 350 g/mol. The minimum atomic E-state index is 0. The molecule has 118 valence electrons. The van der Waals surface area contributed by atoms with Crippen molar-refractivity contribution in [2.45, 2.75) is 32.2 Å². The van der Waals surface area contributed by atoms with Gasteiger partial charge in [-0.2, -0.15) is 0 Å². The number of carbonyl (C=O) groups is 1. The number of amides is 1. The highest BCUT2D eigenvalue weighted by atomic mass is 35.5. The molecule has 0 saturated heterocycles. The number of carbonyl (C=O) groups excluding carboxylic acids is 1. The molecule has 1 aromatic carbocycles. The maximum Gasteiger partial charge on any atom is 0.223 e. The summed E-state index contributed by atoms with van der Waals surface area (Å²) in [6, 6.07) is 5.77. The summed E-state index contributed by atoms with van der Waals surface area (Å²) in [7, 11) is 0. The van der Waals surface area contributed by atoms with Crippen LogP contribution in [0, 0.1) is 5.92 Å². The zero-order valence-electron chi connectivity index (χ0n) is 12.2. The quantitative estimate of drug-likeness (QED) is 0.821. The van der Waals surface area contributed by atoms with Gasteiger partial charge in [-0.15, -0.1) is 12.4 Å². The second kappa shape index (κ2) is 8.23. The number of hydrogen-bond donors (Lipinski definition) is 2. The van der Waals surface area contributed by atoms with Crippen LogP contribution in [0.4, 0.5) is 0 Å². The molecule has 1 saturated carbocycles. The second-order valence-corrected chi connectivity index (χ2v) is 6.16. The van der Waals surface area contributed by atoms with Gasteiger partial charge in [0.1, 0.15) is 0 Å². The van der Waals surface area contributed by atoms with Gasteiger partial charge >= 0.3 is 0 Å². The van der Waals surface area contributed by atoms with Gasteiger partial charge in [0.2, 0.25) is 5.91 Å². The Kier molecular flexibility index (Phi) is 7.28. The Morgan fingerprint density at radius 1 is 1.43 bits per heavy atom. The Balaban J connectivity index is 0.00000220. The number of rotatable bonds is 6. The number of halogens is 3. The van der Waals surface area contributed by atoms with E-state index in [0.717, 1.165) is 18.5 Å². The van der Waals surface area contributed by atoms with Crippen LogP contribution in [0.1, 0.15) is 31.7 Å². The van der Waals surface area contributed by atoms with Gasteiger partial charge in [-0.25, -0.2) is 0 Å². The Morgan fingerprint density at radius 3 is 2.76 bits per heavy atom. The molecule has 2 unspecified atom stereocenters. The molecular weight excluding hydrogens is 331 g/mol. The Labute approximate surface area is 142 Å². The molecule has 0 radical (unpaired) electrons. The van der Waals surface area contributed by atoms with Gasteiger partial charge in [0.25, 0.3) is 0 Å². The number of hydrogen-bond acceptors (Lipinski definition) is 2. The van der Waals surface area contributed by atoms with Gasteiger partial charge in [-0.1, -0.05) is 36.2 Å². The maximum atomic E-state index is 12.1. The van der Waals surface area contributed by atoms with E-state index < -0.39 is 0 Å². The Bertz CT molecular complexity index is 496. The molecule has 1 aliphatic carbocycles. The summed E-state index contributed by atoms with van der Waals surface area (Å²) >= 11 is 12.1. The van der Waals surface area contributed by atoms with Crippen LogP contribution in [0.2, 0.25) is 10.0 Å². The molecule has 1 amide bonds. The van der Waals surface area contributed by atoms with E-state index in [-0.39, 0.29) is 30.2 Å². The normalized spacial score (nSPS) is 21.3. The molecule has 3 atom stereocenters. The van der Waals surface area contributed by atoms with Gasteiger partial charge in [0.05, 0.1) is 0 Å². The van der Waals surface area contributed by atoms with Crippen LogP contribution in [0.3, 0.4) is 0 Å². The standard InChI is InChI=1S/C15H20Cl2N2O.ClH/c1-3-18-9(2)8-19-15(20)13-7-12(13)11-5-4-10(16)6-14(11)17;/h4-6,9,12-13,18H,3,7-8H2,1-2H3,(H,19,20);1H/t9-,12?,13?;/m1./s1. The summed E-state index contributed by atoms with van der Waals surface area (Å²) in [5.74, 6) is 0.391. The largest absolute Gasteiger partial charge is 0.354 e. The smallest absolute Gasteiger partial charge is 0.223 e. The third kappa shape index (κ3) is 5.03. The molecule has 6 heteroatoms. The van der Waals surface area contributed by atoms with Crippen molar-refractivity contribution in [1.82, 2.24) is 10.6 Å². The number of benzene rings is 1. The van der Waals surface area contributed by atoms with E-state index in [4.69, 9.17) is 23.2 Å². The summed E-state index contributed by atoms with van der Waals surface area (Å²) in [5.41, 5.74) is 1.02. The molecular formula is C15H21Cl3N2O.